The minimum atomic E-state index is 0.387. The molecule has 0 atom stereocenters. The van der Waals surface area contributed by atoms with Crippen molar-refractivity contribution in [2.75, 3.05) is 0 Å². The van der Waals surface area contributed by atoms with Crippen LogP contribution >= 0.6 is 0 Å². The summed E-state index contributed by atoms with van der Waals surface area (Å²) < 4.78 is 18.3. The molecule has 0 fully saturated rings. The lowest BCUT2D eigenvalue weighted by molar-refractivity contribution is -0.735. The second kappa shape index (κ2) is 28.9. The fourth-order valence-electron chi connectivity index (χ4n) is 17.8. The Morgan fingerprint density at radius 1 is 0.288 bits per heavy atom. The Bertz CT molecular complexity index is 6770. The number of aromatic nitrogens is 12. The maximum atomic E-state index is 5.19. The molecular formula is C99H110N12+4. The first kappa shape index (κ1) is 75.2. The molecule has 12 aromatic heterocycles. The van der Waals surface area contributed by atoms with Gasteiger partial charge >= 0.3 is 0 Å². The standard InChI is InChI=1S/C31H36N3.C27H28N3.C21H24N3.C20H22N3/c1-18(2)22-14-11-15-23(19(3)4)28(22)26-17-33(8)34-30-21(7)16-27(20(5)6)32-29(30)24-12-9-10-13-25(24)31(26)34;1-16(2)23-14-19(5)26-25(28-23)20-12-7-8-13-21(20)27-22(15-29(6)30(26)27)24-17(3)10-9-11-18(24)4;1-12(2)18-11-13(3)20-19(22-18)16-9-7-8-10-17(16)21-14(4)15(5)23(6)24(20)21;1-12(2)17-10-13(3)20-18(21-17)15-8-6-7-9-16(15)19-14(4)11-22(5)23(19)20/h9-20H,1-8H3;7-16H,1-6H3;7-12H,1-6H3;6-12H,1-5H3/q4*+1. The molecule has 0 bridgehead atoms. The van der Waals surface area contributed by atoms with E-state index in [1.165, 1.54) is 171 Å². The number of aryl methyl sites for hydroxylation is 12. The van der Waals surface area contributed by atoms with Crippen LogP contribution in [-0.4, -0.2) is 38.2 Å². The SMILES string of the molecule is Cc1c(C)n(C)[n+]2c1c1ccccc1c1nc(C(C)C)cc(C)c12.Cc1c[n+](C)n2c1c1ccccc1c1nc(C(C)C)cc(C)c12.Cc1cc(C(C)C)nc2c3ccccc3c3c(-c4c(C(C)C)cccc4C(C)C)c[n+](C)n3c12.Cc1cccc(C)c1-c1c[n+](C)n2c1c1ccccc1c1nc(C(C)C)cc(C)c12. The molecule has 12 heteroatoms. The van der Waals surface area contributed by atoms with Crippen LogP contribution in [0.25, 0.3) is 132 Å². The lowest BCUT2D eigenvalue weighted by Gasteiger charge is -2.19. The Kier molecular flexibility index (Phi) is 19.6. The van der Waals surface area contributed by atoms with Crippen LogP contribution in [0.2, 0.25) is 0 Å². The van der Waals surface area contributed by atoms with Crippen LogP contribution in [0.5, 0.6) is 0 Å². The molecule has 0 saturated heterocycles. The molecule has 0 radical (unpaired) electrons. The maximum Gasteiger partial charge on any atom is 0.265 e. The van der Waals surface area contributed by atoms with E-state index in [1.807, 2.05) is 0 Å². The summed E-state index contributed by atoms with van der Waals surface area (Å²) in [5, 5.41) is 9.97. The molecular weight excluding hydrogens is 1360 g/mol. The lowest BCUT2D eigenvalue weighted by Crippen LogP contribution is -2.34. The molecule has 18 aromatic rings. The van der Waals surface area contributed by atoms with Crippen molar-refractivity contribution in [2.45, 2.75) is 181 Å². The zero-order valence-electron chi connectivity index (χ0n) is 70.1. The third kappa shape index (κ3) is 12.4. The first-order chi connectivity index (χ1) is 53.0. The van der Waals surface area contributed by atoms with Crippen molar-refractivity contribution in [2.24, 2.45) is 28.2 Å². The summed E-state index contributed by atoms with van der Waals surface area (Å²) in [5.41, 5.74) is 38.6. The third-order valence-electron chi connectivity index (χ3n) is 23.5. The maximum absolute atomic E-state index is 5.19. The van der Waals surface area contributed by atoms with Crippen LogP contribution in [0.4, 0.5) is 0 Å². The number of fused-ring (bicyclic) bond motifs is 24. The number of nitrogens with zero attached hydrogens (tertiary/aromatic N) is 12. The van der Waals surface area contributed by atoms with Crippen LogP contribution in [0.3, 0.4) is 0 Å². The van der Waals surface area contributed by atoms with E-state index in [9.17, 15) is 0 Å². The van der Waals surface area contributed by atoms with Crippen molar-refractivity contribution < 1.29 is 18.6 Å². The molecule has 0 aliphatic carbocycles. The van der Waals surface area contributed by atoms with Crippen molar-refractivity contribution in [3.63, 3.8) is 0 Å². The second-order valence-corrected chi connectivity index (χ2v) is 33.4. The summed E-state index contributed by atoms with van der Waals surface area (Å²) in [4.78, 5) is 20.4. The predicted molar refractivity (Wildman–Crippen MR) is 464 cm³/mol. The molecule has 12 nitrogen and oxygen atoms in total. The van der Waals surface area contributed by atoms with Crippen LogP contribution in [0.15, 0.2) is 176 Å². The Balaban J connectivity index is 0.000000119. The van der Waals surface area contributed by atoms with Gasteiger partial charge in [0.25, 0.3) is 5.52 Å². The zero-order valence-corrected chi connectivity index (χ0v) is 70.1. The van der Waals surface area contributed by atoms with Crippen molar-refractivity contribution in [3.05, 3.63) is 260 Å². The van der Waals surface area contributed by atoms with Crippen LogP contribution < -0.4 is 18.6 Å². The predicted octanol–water partition coefficient (Wildman–Crippen LogP) is 22.7. The fourth-order valence-corrected chi connectivity index (χ4v) is 17.8. The first-order valence-electron chi connectivity index (χ1n) is 40.0. The number of hydrogen-bond donors (Lipinski definition) is 0. The van der Waals surface area contributed by atoms with Gasteiger partial charge in [0, 0.05) is 77.2 Å². The smallest absolute Gasteiger partial charge is 0.250 e. The van der Waals surface area contributed by atoms with Gasteiger partial charge in [0.15, 0.2) is 27.3 Å². The molecule has 0 unspecified atom stereocenters. The van der Waals surface area contributed by atoms with Gasteiger partial charge in [-0.3, -0.25) is 15.0 Å². The van der Waals surface area contributed by atoms with Gasteiger partial charge in [-0.05, 0) is 178 Å². The molecule has 12 heterocycles. The highest BCUT2D eigenvalue weighted by Crippen LogP contribution is 2.44. The van der Waals surface area contributed by atoms with Crippen LogP contribution in [0.1, 0.15) is 203 Å². The lowest BCUT2D eigenvalue weighted by atomic mass is 9.85. The van der Waals surface area contributed by atoms with Crippen LogP contribution in [-0.2, 0) is 28.2 Å². The van der Waals surface area contributed by atoms with Gasteiger partial charge < -0.3 is 0 Å². The Labute approximate surface area is 653 Å². The van der Waals surface area contributed by atoms with Gasteiger partial charge in [-0.1, -0.05) is 215 Å². The number of hydrogen-bond acceptors (Lipinski definition) is 4. The Morgan fingerprint density at radius 2 is 0.613 bits per heavy atom. The summed E-state index contributed by atoms with van der Waals surface area (Å²) >= 11 is 0. The van der Waals surface area contributed by atoms with E-state index in [4.69, 9.17) is 19.9 Å². The van der Waals surface area contributed by atoms with E-state index in [2.05, 4.69) is 387 Å². The largest absolute Gasteiger partial charge is 0.265 e. The van der Waals surface area contributed by atoms with E-state index >= 15 is 0 Å². The van der Waals surface area contributed by atoms with Crippen molar-refractivity contribution in [1.29, 1.82) is 0 Å². The summed E-state index contributed by atoms with van der Waals surface area (Å²) in [7, 11) is 8.53. The fraction of sp³-hybridized carbons (Fsp3) is 0.313. The molecule has 0 spiro atoms. The highest BCUT2D eigenvalue weighted by Gasteiger charge is 2.32. The van der Waals surface area contributed by atoms with E-state index < -0.39 is 0 Å². The second-order valence-electron chi connectivity index (χ2n) is 33.4. The first-order valence-corrected chi connectivity index (χ1v) is 40.0. The highest BCUT2D eigenvalue weighted by atomic mass is 15.4. The average Bonchev–Trinajstić information content (AvgIpc) is 1.64. The Morgan fingerprint density at radius 3 is 1.01 bits per heavy atom. The minimum Gasteiger partial charge on any atom is -0.250 e. The van der Waals surface area contributed by atoms with E-state index in [1.54, 1.807) is 0 Å². The molecule has 6 aromatic carbocycles. The van der Waals surface area contributed by atoms with E-state index in [0.717, 1.165) is 44.8 Å². The highest BCUT2D eigenvalue weighted by molar-refractivity contribution is 6.17. The van der Waals surface area contributed by atoms with E-state index in [0.29, 0.717) is 35.5 Å². The number of benzene rings is 6. The average molecular weight is 1470 g/mol. The van der Waals surface area contributed by atoms with Gasteiger partial charge in [-0.25, -0.2) is 4.98 Å². The quantitative estimate of drug-likeness (QED) is 0.112. The zero-order chi connectivity index (χ0) is 78.9. The number of pyridine rings is 8. The van der Waals surface area contributed by atoms with Crippen molar-refractivity contribution in [3.8, 4) is 22.3 Å². The van der Waals surface area contributed by atoms with Gasteiger partial charge in [0.1, 0.15) is 55.2 Å². The molecule has 18 rings (SSSR count). The molecule has 0 amide bonds. The molecule has 562 valence electrons. The minimum absolute atomic E-state index is 0.387. The summed E-state index contributed by atoms with van der Waals surface area (Å²) in [5.74, 6) is 2.51. The summed E-state index contributed by atoms with van der Waals surface area (Å²) in [6, 6.07) is 57.2. The molecule has 0 N–H and O–H groups in total. The van der Waals surface area contributed by atoms with Gasteiger partial charge in [0.05, 0.1) is 29.3 Å². The normalized spacial score (nSPS) is 12.1. The third-order valence-corrected chi connectivity index (χ3v) is 23.5. The molecule has 0 aliphatic rings. The van der Waals surface area contributed by atoms with E-state index in [-0.39, 0.29) is 0 Å². The topological polar surface area (TPSA) is 85.5 Å². The van der Waals surface area contributed by atoms with Gasteiger partial charge in [-0.15, -0.1) is 27.6 Å². The van der Waals surface area contributed by atoms with Crippen LogP contribution in [0, 0.1) is 62.3 Å². The monoisotopic (exact) mass is 1470 g/mol. The molecule has 111 heavy (non-hydrogen) atoms. The molecule has 0 aliphatic heterocycles. The number of rotatable bonds is 8. The molecule has 0 saturated carbocycles. The van der Waals surface area contributed by atoms with Crippen molar-refractivity contribution in [1.82, 2.24) is 38.2 Å². The van der Waals surface area contributed by atoms with Crippen molar-refractivity contribution >= 4 is 109 Å². The summed E-state index contributed by atoms with van der Waals surface area (Å²) in [6.45, 7) is 46.7. The van der Waals surface area contributed by atoms with Gasteiger partial charge in [0.2, 0.25) is 17.9 Å². The Hall–Kier alpha value is -11.2. The summed E-state index contributed by atoms with van der Waals surface area (Å²) in [6.07, 6.45) is 6.79. The van der Waals surface area contributed by atoms with Gasteiger partial charge in [-0.2, -0.15) is 4.68 Å².